The Labute approximate surface area is 135 Å². The van der Waals surface area contributed by atoms with Crippen LogP contribution < -0.4 is 5.46 Å². The van der Waals surface area contributed by atoms with Gasteiger partial charge in [0.1, 0.15) is 0 Å². The van der Waals surface area contributed by atoms with Gasteiger partial charge in [-0.15, -0.1) is 5.10 Å². The first kappa shape index (κ1) is 14.7. The summed E-state index contributed by atoms with van der Waals surface area (Å²) >= 11 is 0. The van der Waals surface area contributed by atoms with E-state index in [1.54, 1.807) is 6.20 Å². The summed E-state index contributed by atoms with van der Waals surface area (Å²) < 4.78 is 14.2. The molecule has 0 radical (unpaired) electrons. The maximum absolute atomic E-state index is 6.14. The average Bonchev–Trinajstić information content (AvgIpc) is 3.02. The molecule has 6 heteroatoms. The lowest BCUT2D eigenvalue weighted by Crippen LogP contribution is -2.41. The van der Waals surface area contributed by atoms with Crippen molar-refractivity contribution in [3.63, 3.8) is 0 Å². The quantitative estimate of drug-likeness (QED) is 0.648. The Morgan fingerprint density at radius 2 is 1.70 bits per heavy atom. The minimum absolute atomic E-state index is 0.335. The van der Waals surface area contributed by atoms with Gasteiger partial charge in [0.05, 0.1) is 28.4 Å². The number of nitrogens with zero attached hydrogens (tertiary/aromatic N) is 3. The summed E-state index contributed by atoms with van der Waals surface area (Å²) in [5, 5.41) is 9.30. The molecule has 0 unspecified atom stereocenters. The number of aromatic nitrogens is 3. The molecule has 0 bridgehead atoms. The minimum atomic E-state index is -0.351. The number of hydrogen-bond acceptors (Lipinski definition) is 4. The van der Waals surface area contributed by atoms with Gasteiger partial charge in [-0.25, -0.2) is 4.52 Å². The van der Waals surface area contributed by atoms with Crippen molar-refractivity contribution in [1.29, 1.82) is 0 Å². The molecule has 1 fully saturated rings. The van der Waals surface area contributed by atoms with Crippen LogP contribution in [0.1, 0.15) is 33.3 Å². The van der Waals surface area contributed by atoms with Gasteiger partial charge in [-0.05, 0) is 57.8 Å². The largest absolute Gasteiger partial charge is 0.494 e. The third kappa shape index (κ3) is 2.09. The van der Waals surface area contributed by atoms with E-state index < -0.39 is 0 Å². The molecule has 0 aliphatic carbocycles. The van der Waals surface area contributed by atoms with Gasteiger partial charge in [-0.2, -0.15) is 0 Å². The molecular formula is C17H20BN3O2. The van der Waals surface area contributed by atoms with E-state index in [-0.39, 0.29) is 18.3 Å². The zero-order valence-corrected chi connectivity index (χ0v) is 14.1. The maximum Gasteiger partial charge on any atom is 0.494 e. The lowest BCUT2D eigenvalue weighted by molar-refractivity contribution is 0.00578. The number of fused-ring (bicyclic) bond motifs is 3. The van der Waals surface area contributed by atoms with E-state index in [0.717, 1.165) is 27.4 Å². The molecule has 1 saturated heterocycles. The Kier molecular flexibility index (Phi) is 2.90. The van der Waals surface area contributed by atoms with Crippen LogP contribution in [-0.2, 0) is 9.31 Å². The lowest BCUT2D eigenvalue weighted by atomic mass is 9.78. The Bertz CT molecular complexity index is 901. The molecule has 0 saturated carbocycles. The predicted molar refractivity (Wildman–Crippen MR) is 90.9 cm³/mol. The van der Waals surface area contributed by atoms with Crippen molar-refractivity contribution < 1.29 is 9.31 Å². The topological polar surface area (TPSA) is 48.7 Å². The highest BCUT2D eigenvalue weighted by Crippen LogP contribution is 2.36. The molecule has 23 heavy (non-hydrogen) atoms. The molecule has 5 nitrogen and oxygen atoms in total. The van der Waals surface area contributed by atoms with Crippen LogP contribution in [0.5, 0.6) is 0 Å². The minimum Gasteiger partial charge on any atom is -0.399 e. The molecule has 3 aromatic rings. The van der Waals surface area contributed by atoms with Crippen molar-refractivity contribution in [2.75, 3.05) is 0 Å². The van der Waals surface area contributed by atoms with Gasteiger partial charge in [0, 0.05) is 5.39 Å². The first-order valence-electron chi connectivity index (χ1n) is 7.88. The Balaban J connectivity index is 1.83. The van der Waals surface area contributed by atoms with Gasteiger partial charge < -0.3 is 9.31 Å². The van der Waals surface area contributed by atoms with Crippen LogP contribution in [0.4, 0.5) is 0 Å². The third-order valence-electron chi connectivity index (χ3n) is 5.13. The van der Waals surface area contributed by atoms with Crippen LogP contribution in [0.15, 0.2) is 30.5 Å². The van der Waals surface area contributed by atoms with E-state index in [1.807, 2.05) is 10.6 Å². The molecule has 1 aromatic carbocycles. The summed E-state index contributed by atoms with van der Waals surface area (Å²) in [4.78, 5) is 0. The molecule has 1 aliphatic heterocycles. The van der Waals surface area contributed by atoms with Gasteiger partial charge in [-0.1, -0.05) is 17.3 Å². The van der Waals surface area contributed by atoms with Gasteiger partial charge in [-0.3, -0.25) is 0 Å². The van der Waals surface area contributed by atoms with E-state index in [2.05, 4.69) is 63.1 Å². The molecule has 0 spiro atoms. The van der Waals surface area contributed by atoms with Gasteiger partial charge >= 0.3 is 7.12 Å². The SMILES string of the molecule is Cc1cc2cc(B3OC(C)(C)C(C)(C)O3)ccc2n2nncc12. The zero-order valence-electron chi connectivity index (χ0n) is 14.1. The Hall–Kier alpha value is -1.92. The van der Waals surface area contributed by atoms with Crippen molar-refractivity contribution >= 4 is 29.0 Å². The second-order valence-corrected chi connectivity index (χ2v) is 7.26. The fourth-order valence-corrected chi connectivity index (χ4v) is 3.00. The van der Waals surface area contributed by atoms with Crippen LogP contribution >= 0.6 is 0 Å². The van der Waals surface area contributed by atoms with Crippen LogP contribution in [-0.4, -0.2) is 33.1 Å². The van der Waals surface area contributed by atoms with E-state index in [4.69, 9.17) is 9.31 Å². The van der Waals surface area contributed by atoms with Crippen molar-refractivity contribution in [2.24, 2.45) is 0 Å². The smallest absolute Gasteiger partial charge is 0.399 e. The molecule has 0 N–H and O–H groups in total. The Morgan fingerprint density at radius 3 is 2.39 bits per heavy atom. The van der Waals surface area contributed by atoms with Crippen molar-refractivity contribution in [1.82, 2.24) is 14.8 Å². The summed E-state index contributed by atoms with van der Waals surface area (Å²) in [6.07, 6.45) is 1.79. The third-order valence-corrected chi connectivity index (χ3v) is 5.13. The number of benzene rings is 1. The van der Waals surface area contributed by atoms with Crippen LogP contribution in [0.25, 0.3) is 16.4 Å². The Morgan fingerprint density at radius 1 is 1.00 bits per heavy atom. The molecule has 2 aromatic heterocycles. The van der Waals surface area contributed by atoms with Crippen molar-refractivity contribution in [2.45, 2.75) is 45.8 Å². The molecule has 0 amide bonds. The summed E-state index contributed by atoms with van der Waals surface area (Å²) in [7, 11) is -0.351. The monoisotopic (exact) mass is 309 g/mol. The first-order chi connectivity index (χ1) is 10.8. The van der Waals surface area contributed by atoms with Gasteiger partial charge in [0.15, 0.2) is 0 Å². The fourth-order valence-electron chi connectivity index (χ4n) is 3.00. The van der Waals surface area contributed by atoms with Gasteiger partial charge in [0.25, 0.3) is 0 Å². The summed E-state index contributed by atoms with van der Waals surface area (Å²) in [5.74, 6) is 0. The highest BCUT2D eigenvalue weighted by Gasteiger charge is 2.51. The van der Waals surface area contributed by atoms with E-state index >= 15 is 0 Å². The highest BCUT2D eigenvalue weighted by atomic mass is 16.7. The fraction of sp³-hybridized carbons (Fsp3) is 0.412. The van der Waals surface area contributed by atoms with Crippen LogP contribution in [0, 0.1) is 6.92 Å². The molecule has 1 aliphatic rings. The molecular weight excluding hydrogens is 289 g/mol. The second-order valence-electron chi connectivity index (χ2n) is 7.26. The van der Waals surface area contributed by atoms with Gasteiger partial charge in [0.2, 0.25) is 0 Å². The van der Waals surface area contributed by atoms with Crippen LogP contribution in [0.3, 0.4) is 0 Å². The number of pyridine rings is 1. The summed E-state index contributed by atoms with van der Waals surface area (Å²) in [6, 6.07) is 8.37. The van der Waals surface area contributed by atoms with Crippen molar-refractivity contribution in [3.05, 3.63) is 36.0 Å². The molecule has 3 heterocycles. The van der Waals surface area contributed by atoms with E-state index in [1.165, 1.54) is 0 Å². The molecule has 4 rings (SSSR count). The van der Waals surface area contributed by atoms with Crippen molar-refractivity contribution in [3.8, 4) is 0 Å². The normalized spacial score (nSPS) is 19.8. The molecule has 0 atom stereocenters. The highest BCUT2D eigenvalue weighted by molar-refractivity contribution is 6.62. The van der Waals surface area contributed by atoms with Crippen LogP contribution in [0.2, 0.25) is 0 Å². The molecule has 118 valence electrons. The summed E-state index contributed by atoms with van der Waals surface area (Å²) in [6.45, 7) is 10.3. The van der Waals surface area contributed by atoms with E-state index in [0.29, 0.717) is 0 Å². The maximum atomic E-state index is 6.14. The number of rotatable bonds is 1. The number of hydrogen-bond donors (Lipinski definition) is 0. The summed E-state index contributed by atoms with van der Waals surface area (Å²) in [5.41, 5.74) is 3.56. The van der Waals surface area contributed by atoms with E-state index in [9.17, 15) is 0 Å². The standard InChI is InChI=1S/C17H20BN3O2/c1-11-8-12-9-13(18-22-16(2,3)17(4,5)23-18)6-7-14(12)21-15(11)10-19-20-21/h6-10H,1-5H3. The zero-order chi connectivity index (χ0) is 16.4. The number of aryl methyl sites for hydroxylation is 1. The predicted octanol–water partition coefficient (Wildman–Crippen LogP) is 2.49. The lowest BCUT2D eigenvalue weighted by Gasteiger charge is -2.32. The first-order valence-corrected chi connectivity index (χ1v) is 7.88. The second kappa shape index (κ2) is 4.55. The average molecular weight is 309 g/mol.